The highest BCUT2D eigenvalue weighted by Crippen LogP contribution is 2.29. The Morgan fingerprint density at radius 2 is 2.00 bits per heavy atom. The van der Waals surface area contributed by atoms with Gasteiger partial charge >= 0.3 is 0 Å². The predicted octanol–water partition coefficient (Wildman–Crippen LogP) is 3.90. The van der Waals surface area contributed by atoms with Crippen LogP contribution < -0.4 is 5.32 Å². The number of hydrogen-bond donors (Lipinski definition) is 1. The molecule has 2 aromatic rings. The average Bonchev–Trinajstić information content (AvgIpc) is 2.65. The van der Waals surface area contributed by atoms with Crippen molar-refractivity contribution in [2.45, 2.75) is 39.3 Å². The van der Waals surface area contributed by atoms with Crippen LogP contribution in [0.25, 0.3) is 11.0 Å². The first-order chi connectivity index (χ1) is 9.54. The monoisotopic (exact) mass is 273 g/mol. The summed E-state index contributed by atoms with van der Waals surface area (Å²) in [5.74, 6) is 0.924. The largest absolute Gasteiger partial charge is 0.458 e. The van der Waals surface area contributed by atoms with E-state index in [9.17, 15) is 0 Å². The summed E-state index contributed by atoms with van der Waals surface area (Å²) >= 11 is 0. The van der Waals surface area contributed by atoms with Crippen molar-refractivity contribution in [3.8, 4) is 0 Å². The molecule has 20 heavy (non-hydrogen) atoms. The number of para-hydroxylation sites is 1. The van der Waals surface area contributed by atoms with Crippen LogP contribution in [0.2, 0.25) is 0 Å². The van der Waals surface area contributed by atoms with Gasteiger partial charge in [0, 0.05) is 24.6 Å². The minimum absolute atomic E-state index is 0.00903. The predicted molar refractivity (Wildman–Crippen MR) is 80.8 cm³/mol. The molecule has 0 saturated carbocycles. The summed E-state index contributed by atoms with van der Waals surface area (Å²) < 4.78 is 11.9. The molecule has 2 heterocycles. The molecule has 1 saturated heterocycles. The van der Waals surface area contributed by atoms with Gasteiger partial charge in [-0.05, 0) is 24.0 Å². The van der Waals surface area contributed by atoms with Gasteiger partial charge < -0.3 is 14.5 Å². The highest BCUT2D eigenvalue weighted by Gasteiger charge is 2.29. The average molecular weight is 273 g/mol. The summed E-state index contributed by atoms with van der Waals surface area (Å²) in [7, 11) is 0. The molecule has 2 unspecified atom stereocenters. The lowest BCUT2D eigenvalue weighted by Gasteiger charge is -2.30. The van der Waals surface area contributed by atoms with Gasteiger partial charge in [0.05, 0.1) is 0 Å². The third-order valence-electron chi connectivity index (χ3n) is 4.08. The van der Waals surface area contributed by atoms with Crippen LogP contribution in [-0.2, 0) is 4.74 Å². The van der Waals surface area contributed by atoms with E-state index < -0.39 is 0 Å². The molecular formula is C17H23NO2. The maximum absolute atomic E-state index is 5.99. The SMILES string of the molecule is CC(C)(C)C1CCOC(c2cc3ccccc3o2)CN1. The summed E-state index contributed by atoms with van der Waals surface area (Å²) in [5, 5.41) is 4.77. The molecule has 0 radical (unpaired) electrons. The van der Waals surface area contributed by atoms with Crippen molar-refractivity contribution in [1.29, 1.82) is 0 Å². The summed E-state index contributed by atoms with van der Waals surface area (Å²) in [5.41, 5.74) is 1.19. The Bertz CT molecular complexity index is 549. The lowest BCUT2D eigenvalue weighted by molar-refractivity contribution is 0.0514. The molecule has 1 aromatic carbocycles. The Hall–Kier alpha value is -1.32. The number of nitrogens with one attached hydrogen (secondary N) is 1. The quantitative estimate of drug-likeness (QED) is 0.855. The topological polar surface area (TPSA) is 34.4 Å². The van der Waals surface area contributed by atoms with E-state index in [-0.39, 0.29) is 11.5 Å². The number of fused-ring (bicyclic) bond motifs is 1. The zero-order valence-electron chi connectivity index (χ0n) is 12.5. The highest BCUT2D eigenvalue weighted by atomic mass is 16.5. The normalized spacial score (nSPS) is 24.8. The Labute approximate surface area is 120 Å². The maximum atomic E-state index is 5.99. The van der Waals surface area contributed by atoms with Crippen molar-refractivity contribution < 1.29 is 9.15 Å². The molecule has 0 bridgehead atoms. The van der Waals surface area contributed by atoms with Crippen LogP contribution in [0, 0.1) is 5.41 Å². The first-order valence-electron chi connectivity index (χ1n) is 7.37. The van der Waals surface area contributed by atoms with Crippen molar-refractivity contribution >= 4 is 11.0 Å². The third-order valence-corrected chi connectivity index (χ3v) is 4.08. The van der Waals surface area contributed by atoms with Crippen LogP contribution in [0.5, 0.6) is 0 Å². The first-order valence-corrected chi connectivity index (χ1v) is 7.37. The van der Waals surface area contributed by atoms with Crippen LogP contribution >= 0.6 is 0 Å². The zero-order chi connectivity index (χ0) is 14.2. The van der Waals surface area contributed by atoms with Crippen LogP contribution in [0.15, 0.2) is 34.7 Å². The second-order valence-electron chi connectivity index (χ2n) is 6.66. The summed E-state index contributed by atoms with van der Waals surface area (Å²) in [6, 6.07) is 10.7. The standard InChI is InChI=1S/C17H23NO2/c1-17(2,3)16-8-9-19-15(11-18-16)14-10-12-6-4-5-7-13(12)20-14/h4-7,10,15-16,18H,8-9,11H2,1-3H3. The molecule has 2 atom stereocenters. The lowest BCUT2D eigenvalue weighted by atomic mass is 9.85. The van der Waals surface area contributed by atoms with Gasteiger partial charge in [-0.15, -0.1) is 0 Å². The van der Waals surface area contributed by atoms with Crippen molar-refractivity contribution in [2.24, 2.45) is 5.41 Å². The first kappa shape index (κ1) is 13.7. The molecule has 108 valence electrons. The highest BCUT2D eigenvalue weighted by molar-refractivity contribution is 5.77. The molecule has 3 rings (SSSR count). The van der Waals surface area contributed by atoms with Gasteiger partial charge in [-0.2, -0.15) is 0 Å². The van der Waals surface area contributed by atoms with E-state index in [0.29, 0.717) is 6.04 Å². The van der Waals surface area contributed by atoms with Gasteiger partial charge in [0.2, 0.25) is 0 Å². The Morgan fingerprint density at radius 1 is 1.20 bits per heavy atom. The fraction of sp³-hybridized carbons (Fsp3) is 0.529. The maximum Gasteiger partial charge on any atom is 0.135 e. The van der Waals surface area contributed by atoms with E-state index in [1.165, 1.54) is 0 Å². The van der Waals surface area contributed by atoms with E-state index in [0.717, 1.165) is 36.3 Å². The van der Waals surface area contributed by atoms with Crippen molar-refractivity contribution in [2.75, 3.05) is 13.2 Å². The Kier molecular flexibility index (Phi) is 3.57. The minimum Gasteiger partial charge on any atom is -0.458 e. The second kappa shape index (κ2) is 5.23. The number of hydrogen-bond acceptors (Lipinski definition) is 3. The van der Waals surface area contributed by atoms with Gasteiger partial charge in [0.25, 0.3) is 0 Å². The molecule has 0 amide bonds. The van der Waals surface area contributed by atoms with Crippen LogP contribution in [0.4, 0.5) is 0 Å². The van der Waals surface area contributed by atoms with E-state index in [2.05, 4.69) is 38.2 Å². The van der Waals surface area contributed by atoms with Crippen molar-refractivity contribution in [3.63, 3.8) is 0 Å². The Morgan fingerprint density at radius 3 is 2.75 bits per heavy atom. The molecule has 1 aromatic heterocycles. The number of rotatable bonds is 1. The smallest absolute Gasteiger partial charge is 0.135 e. The molecule has 0 aliphatic carbocycles. The van der Waals surface area contributed by atoms with E-state index in [4.69, 9.17) is 9.15 Å². The molecule has 0 spiro atoms. The number of ether oxygens (including phenoxy) is 1. The summed E-state index contributed by atoms with van der Waals surface area (Å²) in [6.07, 6.45) is 1.05. The molecule has 3 nitrogen and oxygen atoms in total. The van der Waals surface area contributed by atoms with E-state index >= 15 is 0 Å². The fourth-order valence-electron chi connectivity index (χ4n) is 2.82. The minimum atomic E-state index is 0.00903. The van der Waals surface area contributed by atoms with Gasteiger partial charge in [0.15, 0.2) is 0 Å². The number of benzene rings is 1. The third kappa shape index (κ3) is 2.74. The molecule has 1 fully saturated rings. The lowest BCUT2D eigenvalue weighted by Crippen LogP contribution is -2.40. The molecular weight excluding hydrogens is 250 g/mol. The van der Waals surface area contributed by atoms with Crippen molar-refractivity contribution in [1.82, 2.24) is 5.32 Å². The molecule has 1 aliphatic heterocycles. The summed E-state index contributed by atoms with van der Waals surface area (Å²) in [4.78, 5) is 0. The van der Waals surface area contributed by atoms with Crippen LogP contribution in [0.1, 0.15) is 39.1 Å². The van der Waals surface area contributed by atoms with Gasteiger partial charge in [-0.3, -0.25) is 0 Å². The van der Waals surface area contributed by atoms with E-state index in [1.807, 2.05) is 18.2 Å². The van der Waals surface area contributed by atoms with Crippen LogP contribution in [0.3, 0.4) is 0 Å². The molecule has 1 aliphatic rings. The summed E-state index contributed by atoms with van der Waals surface area (Å²) in [6.45, 7) is 8.39. The molecule has 3 heteroatoms. The van der Waals surface area contributed by atoms with Gasteiger partial charge in [-0.1, -0.05) is 39.0 Å². The Balaban J connectivity index is 1.77. The number of furan rings is 1. The molecule has 1 N–H and O–H groups in total. The van der Waals surface area contributed by atoms with Crippen LogP contribution in [-0.4, -0.2) is 19.2 Å². The fourth-order valence-corrected chi connectivity index (χ4v) is 2.82. The van der Waals surface area contributed by atoms with Crippen molar-refractivity contribution in [3.05, 3.63) is 36.1 Å². The van der Waals surface area contributed by atoms with Gasteiger partial charge in [-0.25, -0.2) is 0 Å². The van der Waals surface area contributed by atoms with Gasteiger partial charge in [0.1, 0.15) is 17.4 Å². The zero-order valence-corrected chi connectivity index (χ0v) is 12.5. The van der Waals surface area contributed by atoms with E-state index in [1.54, 1.807) is 0 Å². The second-order valence-corrected chi connectivity index (χ2v) is 6.66.